The number of pyridine rings is 1. The van der Waals surface area contributed by atoms with E-state index in [2.05, 4.69) is 9.88 Å². The van der Waals surface area contributed by atoms with Gasteiger partial charge in [-0.15, -0.1) is 0 Å². The monoisotopic (exact) mass is 304 g/mol. The van der Waals surface area contributed by atoms with Crippen LogP contribution in [-0.4, -0.2) is 36.3 Å². The minimum atomic E-state index is -0.733. The average molecular weight is 304 g/mol. The number of fused-ring (bicyclic) bond motifs is 1. The number of carboxylic acid groups (broad SMARTS) is 1. The largest absolute Gasteiger partial charge is 0.494 e. The molecule has 1 aliphatic rings. The van der Waals surface area contributed by atoms with Crippen LogP contribution in [0.5, 0.6) is 5.75 Å². The maximum Gasteiger partial charge on any atom is 0.306 e. The highest BCUT2D eigenvalue weighted by molar-refractivity contribution is 5.92. The number of hydrogen-bond acceptors (Lipinski definition) is 4. The Bertz CT molecular complexity index is 712. The van der Waals surface area contributed by atoms with Gasteiger partial charge in [-0.1, -0.05) is 0 Å². The van der Waals surface area contributed by atoms with Gasteiger partial charge in [0.15, 0.2) is 11.6 Å². The molecule has 0 radical (unpaired) electrons. The first-order valence-electron chi connectivity index (χ1n) is 7.20. The molecule has 1 N–H and O–H groups in total. The molecule has 0 aliphatic carbocycles. The molecule has 22 heavy (non-hydrogen) atoms. The maximum atomic E-state index is 13.8. The zero-order valence-electron chi connectivity index (χ0n) is 12.3. The number of nitrogens with zero attached hydrogens (tertiary/aromatic N) is 2. The molecule has 1 fully saturated rings. The van der Waals surface area contributed by atoms with Gasteiger partial charge in [0.25, 0.3) is 0 Å². The van der Waals surface area contributed by atoms with Crippen molar-refractivity contribution in [2.24, 2.45) is 5.92 Å². The lowest BCUT2D eigenvalue weighted by molar-refractivity contribution is -0.142. The summed E-state index contributed by atoms with van der Waals surface area (Å²) in [5.41, 5.74) is 1.50. The third-order valence-electron chi connectivity index (χ3n) is 4.18. The van der Waals surface area contributed by atoms with Gasteiger partial charge in [-0.25, -0.2) is 4.39 Å². The number of methoxy groups -OCH3 is 1. The molecular weight excluding hydrogens is 287 g/mol. The van der Waals surface area contributed by atoms with E-state index >= 15 is 0 Å². The summed E-state index contributed by atoms with van der Waals surface area (Å²) >= 11 is 0. The molecule has 1 aliphatic heterocycles. The summed E-state index contributed by atoms with van der Waals surface area (Å²) in [6, 6.07) is 4.89. The summed E-state index contributed by atoms with van der Waals surface area (Å²) in [5.74, 6) is -1.27. The molecule has 3 rings (SSSR count). The van der Waals surface area contributed by atoms with Crippen LogP contribution in [0.15, 0.2) is 24.4 Å². The standard InChI is InChI=1S/C16H17FN2O3/c1-22-15-8-11-13(9-12(15)17)18-5-2-14(11)19-6-3-10(4-7-19)16(20)21/h2,5,8-10H,3-4,6-7H2,1H3,(H,20,21). The Hall–Kier alpha value is -2.37. The normalized spacial score (nSPS) is 16.0. The third kappa shape index (κ3) is 2.56. The molecule has 0 unspecified atom stereocenters. The van der Waals surface area contributed by atoms with Gasteiger partial charge in [0, 0.05) is 36.4 Å². The van der Waals surface area contributed by atoms with E-state index in [0.29, 0.717) is 31.4 Å². The van der Waals surface area contributed by atoms with Crippen molar-refractivity contribution in [3.05, 3.63) is 30.2 Å². The highest BCUT2D eigenvalue weighted by atomic mass is 19.1. The number of anilines is 1. The van der Waals surface area contributed by atoms with E-state index in [4.69, 9.17) is 9.84 Å². The van der Waals surface area contributed by atoms with Crippen LogP contribution >= 0.6 is 0 Å². The first-order chi connectivity index (χ1) is 10.6. The lowest BCUT2D eigenvalue weighted by atomic mass is 9.96. The molecule has 1 aromatic carbocycles. The number of rotatable bonds is 3. The molecule has 6 heteroatoms. The first-order valence-corrected chi connectivity index (χ1v) is 7.20. The number of aromatic nitrogens is 1. The van der Waals surface area contributed by atoms with E-state index in [1.165, 1.54) is 13.2 Å². The number of carbonyl (C=O) groups is 1. The van der Waals surface area contributed by atoms with Crippen LogP contribution in [0.3, 0.4) is 0 Å². The van der Waals surface area contributed by atoms with Crippen molar-refractivity contribution >= 4 is 22.6 Å². The number of carboxylic acids is 1. The molecule has 0 atom stereocenters. The fraction of sp³-hybridized carbons (Fsp3) is 0.375. The van der Waals surface area contributed by atoms with Crippen LogP contribution in [0, 0.1) is 11.7 Å². The van der Waals surface area contributed by atoms with Gasteiger partial charge in [0.05, 0.1) is 18.5 Å². The van der Waals surface area contributed by atoms with Crippen molar-refractivity contribution in [2.45, 2.75) is 12.8 Å². The number of hydrogen-bond donors (Lipinski definition) is 1. The molecule has 2 aromatic rings. The minimum Gasteiger partial charge on any atom is -0.494 e. The predicted octanol–water partition coefficient (Wildman–Crippen LogP) is 2.68. The summed E-state index contributed by atoms with van der Waals surface area (Å²) < 4.78 is 18.8. The number of aliphatic carboxylic acids is 1. The second-order valence-electron chi connectivity index (χ2n) is 5.43. The van der Waals surface area contributed by atoms with Gasteiger partial charge >= 0.3 is 5.97 Å². The Kier molecular flexibility index (Phi) is 3.83. The number of benzene rings is 1. The summed E-state index contributed by atoms with van der Waals surface area (Å²) in [6.07, 6.45) is 2.86. The number of ether oxygens (including phenoxy) is 1. The van der Waals surface area contributed by atoms with Crippen LogP contribution in [-0.2, 0) is 4.79 Å². The minimum absolute atomic E-state index is 0.183. The van der Waals surface area contributed by atoms with Crippen molar-refractivity contribution in [3.8, 4) is 5.75 Å². The zero-order valence-corrected chi connectivity index (χ0v) is 12.3. The molecule has 116 valence electrons. The fourth-order valence-electron chi connectivity index (χ4n) is 2.93. The van der Waals surface area contributed by atoms with Crippen molar-refractivity contribution in [1.29, 1.82) is 0 Å². The molecule has 1 aromatic heterocycles. The van der Waals surface area contributed by atoms with Gasteiger partial charge in [-0.05, 0) is 25.0 Å². The van der Waals surface area contributed by atoms with Crippen LogP contribution < -0.4 is 9.64 Å². The summed E-state index contributed by atoms with van der Waals surface area (Å²) in [6.45, 7) is 1.32. The Morgan fingerprint density at radius 1 is 1.41 bits per heavy atom. The molecule has 0 bridgehead atoms. The fourth-order valence-corrected chi connectivity index (χ4v) is 2.93. The average Bonchev–Trinajstić information content (AvgIpc) is 2.53. The Balaban J connectivity index is 1.96. The van der Waals surface area contributed by atoms with Crippen LogP contribution in [0.4, 0.5) is 10.1 Å². The maximum absolute atomic E-state index is 13.8. The highest BCUT2D eigenvalue weighted by Gasteiger charge is 2.25. The van der Waals surface area contributed by atoms with E-state index in [1.54, 1.807) is 12.3 Å². The topological polar surface area (TPSA) is 62.7 Å². The second kappa shape index (κ2) is 5.79. The lowest BCUT2D eigenvalue weighted by Crippen LogP contribution is -2.36. The smallest absolute Gasteiger partial charge is 0.306 e. The Labute approximate surface area is 127 Å². The van der Waals surface area contributed by atoms with E-state index < -0.39 is 11.8 Å². The molecule has 2 heterocycles. The Morgan fingerprint density at radius 2 is 2.14 bits per heavy atom. The predicted molar refractivity (Wildman–Crippen MR) is 80.8 cm³/mol. The first kappa shape index (κ1) is 14.6. The van der Waals surface area contributed by atoms with Gasteiger partial charge in [0.2, 0.25) is 0 Å². The molecule has 5 nitrogen and oxygen atoms in total. The van der Waals surface area contributed by atoms with Gasteiger partial charge in [-0.2, -0.15) is 0 Å². The molecular formula is C16H17FN2O3. The quantitative estimate of drug-likeness (QED) is 0.944. The van der Waals surface area contributed by atoms with Gasteiger partial charge < -0.3 is 14.7 Å². The van der Waals surface area contributed by atoms with E-state index in [9.17, 15) is 9.18 Å². The van der Waals surface area contributed by atoms with E-state index in [0.717, 1.165) is 11.1 Å². The number of piperidine rings is 1. The molecule has 1 saturated heterocycles. The molecule has 0 amide bonds. The van der Waals surface area contributed by atoms with E-state index in [1.807, 2.05) is 6.07 Å². The third-order valence-corrected chi connectivity index (χ3v) is 4.18. The van der Waals surface area contributed by atoms with Crippen molar-refractivity contribution < 1.29 is 19.0 Å². The Morgan fingerprint density at radius 3 is 2.77 bits per heavy atom. The van der Waals surface area contributed by atoms with Gasteiger partial charge in [-0.3, -0.25) is 9.78 Å². The van der Waals surface area contributed by atoms with Crippen LogP contribution in [0.25, 0.3) is 10.9 Å². The van der Waals surface area contributed by atoms with Crippen LogP contribution in [0.1, 0.15) is 12.8 Å². The van der Waals surface area contributed by atoms with Crippen LogP contribution in [0.2, 0.25) is 0 Å². The summed E-state index contributed by atoms with van der Waals surface area (Å²) in [4.78, 5) is 17.4. The zero-order chi connectivity index (χ0) is 15.7. The lowest BCUT2D eigenvalue weighted by Gasteiger charge is -2.32. The van der Waals surface area contributed by atoms with Crippen molar-refractivity contribution in [3.63, 3.8) is 0 Å². The van der Waals surface area contributed by atoms with Crippen molar-refractivity contribution in [1.82, 2.24) is 4.98 Å². The SMILES string of the molecule is COc1cc2c(N3CCC(C(=O)O)CC3)ccnc2cc1F. The second-order valence-corrected chi connectivity index (χ2v) is 5.43. The van der Waals surface area contributed by atoms with Gasteiger partial charge in [0.1, 0.15) is 0 Å². The van der Waals surface area contributed by atoms with E-state index in [-0.39, 0.29) is 11.7 Å². The number of halogens is 1. The van der Waals surface area contributed by atoms with Crippen molar-refractivity contribution in [2.75, 3.05) is 25.1 Å². The summed E-state index contributed by atoms with van der Waals surface area (Å²) in [7, 11) is 1.43. The highest BCUT2D eigenvalue weighted by Crippen LogP contribution is 2.32. The molecule has 0 spiro atoms. The summed E-state index contributed by atoms with van der Waals surface area (Å²) in [5, 5.41) is 9.89. The molecule has 0 saturated carbocycles.